The summed E-state index contributed by atoms with van der Waals surface area (Å²) in [6, 6.07) is 6.75. The van der Waals surface area contributed by atoms with Crippen LogP contribution >= 0.6 is 0 Å². The van der Waals surface area contributed by atoms with Crippen LogP contribution in [0.2, 0.25) is 0 Å². The minimum atomic E-state index is 0.217. The van der Waals surface area contributed by atoms with Crippen LogP contribution in [0.5, 0.6) is 0 Å². The maximum absolute atomic E-state index is 4.32. The molecular formula is C14H21N5. The standard InChI is InChI=1S/C14H21N5/c1-11(15-12-6-5-8-18(2)10-12)14-17-16-13-7-3-4-9-19(13)14/h3-4,7,9,11-12,15H,5-6,8,10H2,1-2H3. The summed E-state index contributed by atoms with van der Waals surface area (Å²) in [5, 5.41) is 12.2. The van der Waals surface area contributed by atoms with E-state index in [1.54, 1.807) is 0 Å². The third kappa shape index (κ3) is 2.62. The number of nitrogens with zero attached hydrogens (tertiary/aromatic N) is 4. The first kappa shape index (κ1) is 12.6. The van der Waals surface area contributed by atoms with E-state index < -0.39 is 0 Å². The van der Waals surface area contributed by atoms with Gasteiger partial charge in [0.15, 0.2) is 11.5 Å². The fourth-order valence-electron chi connectivity index (χ4n) is 2.89. The second-order valence-corrected chi connectivity index (χ2v) is 5.48. The minimum absolute atomic E-state index is 0.217. The lowest BCUT2D eigenvalue weighted by atomic mass is 10.1. The number of pyridine rings is 1. The van der Waals surface area contributed by atoms with E-state index in [1.165, 1.54) is 19.4 Å². The normalized spacial score (nSPS) is 22.7. The highest BCUT2D eigenvalue weighted by atomic mass is 15.3. The molecule has 0 amide bonds. The van der Waals surface area contributed by atoms with Gasteiger partial charge >= 0.3 is 0 Å². The summed E-state index contributed by atoms with van der Waals surface area (Å²) >= 11 is 0. The molecule has 0 aromatic carbocycles. The van der Waals surface area contributed by atoms with Crippen molar-refractivity contribution in [3.63, 3.8) is 0 Å². The number of fused-ring (bicyclic) bond motifs is 1. The van der Waals surface area contributed by atoms with E-state index in [4.69, 9.17) is 0 Å². The molecule has 3 rings (SSSR count). The molecule has 1 saturated heterocycles. The van der Waals surface area contributed by atoms with Gasteiger partial charge in [0.2, 0.25) is 0 Å². The van der Waals surface area contributed by atoms with E-state index in [0.29, 0.717) is 6.04 Å². The van der Waals surface area contributed by atoms with Crippen LogP contribution in [0.3, 0.4) is 0 Å². The Morgan fingerprint density at radius 1 is 1.37 bits per heavy atom. The zero-order valence-corrected chi connectivity index (χ0v) is 11.6. The molecule has 19 heavy (non-hydrogen) atoms. The van der Waals surface area contributed by atoms with Gasteiger partial charge in [0, 0.05) is 18.8 Å². The minimum Gasteiger partial charge on any atom is -0.305 e. The first-order valence-electron chi connectivity index (χ1n) is 6.98. The Bertz CT molecular complexity index is 550. The molecule has 0 bridgehead atoms. The van der Waals surface area contributed by atoms with E-state index in [2.05, 4.69) is 38.8 Å². The van der Waals surface area contributed by atoms with Crippen molar-refractivity contribution in [1.82, 2.24) is 24.8 Å². The van der Waals surface area contributed by atoms with Gasteiger partial charge in [-0.05, 0) is 45.5 Å². The quantitative estimate of drug-likeness (QED) is 0.907. The summed E-state index contributed by atoms with van der Waals surface area (Å²) in [5.41, 5.74) is 0.909. The number of aromatic nitrogens is 3. The smallest absolute Gasteiger partial charge is 0.160 e. The summed E-state index contributed by atoms with van der Waals surface area (Å²) in [6.45, 7) is 4.49. The molecule has 2 atom stereocenters. The van der Waals surface area contributed by atoms with Crippen LogP contribution in [0, 0.1) is 0 Å². The molecule has 0 aliphatic carbocycles. The third-order valence-electron chi connectivity index (χ3n) is 3.84. The SMILES string of the molecule is CC(NC1CCCN(C)C1)c1nnc2ccccn12. The van der Waals surface area contributed by atoms with Gasteiger partial charge in [0.05, 0.1) is 6.04 Å². The summed E-state index contributed by atoms with van der Waals surface area (Å²) < 4.78 is 2.06. The topological polar surface area (TPSA) is 45.5 Å². The van der Waals surface area contributed by atoms with Crippen LogP contribution in [0.15, 0.2) is 24.4 Å². The van der Waals surface area contributed by atoms with E-state index in [0.717, 1.165) is 18.0 Å². The van der Waals surface area contributed by atoms with Gasteiger partial charge < -0.3 is 10.2 Å². The van der Waals surface area contributed by atoms with Gasteiger partial charge in [-0.25, -0.2) is 0 Å². The number of nitrogens with one attached hydrogen (secondary N) is 1. The Kier molecular flexibility index (Phi) is 3.48. The summed E-state index contributed by atoms with van der Waals surface area (Å²) in [7, 11) is 2.19. The summed E-state index contributed by atoms with van der Waals surface area (Å²) in [4.78, 5) is 2.38. The van der Waals surface area contributed by atoms with Crippen molar-refractivity contribution < 1.29 is 0 Å². The van der Waals surface area contributed by atoms with E-state index >= 15 is 0 Å². The first-order valence-corrected chi connectivity index (χ1v) is 6.98. The molecule has 1 fully saturated rings. The fourth-order valence-corrected chi connectivity index (χ4v) is 2.89. The average Bonchev–Trinajstić information content (AvgIpc) is 2.82. The zero-order chi connectivity index (χ0) is 13.2. The Hall–Kier alpha value is -1.46. The first-order chi connectivity index (χ1) is 9.24. The van der Waals surface area contributed by atoms with Gasteiger partial charge in [-0.2, -0.15) is 0 Å². The van der Waals surface area contributed by atoms with Crippen molar-refractivity contribution in [1.29, 1.82) is 0 Å². The third-order valence-corrected chi connectivity index (χ3v) is 3.84. The van der Waals surface area contributed by atoms with Crippen molar-refractivity contribution in [3.8, 4) is 0 Å². The highest BCUT2D eigenvalue weighted by Crippen LogP contribution is 2.16. The second-order valence-electron chi connectivity index (χ2n) is 5.48. The molecule has 0 radical (unpaired) electrons. The van der Waals surface area contributed by atoms with Crippen molar-refractivity contribution in [3.05, 3.63) is 30.2 Å². The number of likely N-dealkylation sites (tertiary alicyclic amines) is 1. The molecule has 102 valence electrons. The monoisotopic (exact) mass is 259 g/mol. The predicted molar refractivity (Wildman–Crippen MR) is 75.1 cm³/mol. The van der Waals surface area contributed by atoms with E-state index in [1.807, 2.05) is 24.4 Å². The van der Waals surface area contributed by atoms with Crippen LogP contribution < -0.4 is 5.32 Å². The molecule has 1 aliphatic heterocycles. The molecule has 3 heterocycles. The number of piperidine rings is 1. The number of hydrogen-bond acceptors (Lipinski definition) is 4. The molecule has 2 aromatic heterocycles. The van der Waals surface area contributed by atoms with Crippen LogP contribution in [0.25, 0.3) is 5.65 Å². The molecule has 2 unspecified atom stereocenters. The van der Waals surface area contributed by atoms with E-state index in [9.17, 15) is 0 Å². The zero-order valence-electron chi connectivity index (χ0n) is 11.6. The molecule has 2 aromatic rings. The molecule has 5 heteroatoms. The largest absolute Gasteiger partial charge is 0.305 e. The number of rotatable bonds is 3. The average molecular weight is 259 g/mol. The molecular weight excluding hydrogens is 238 g/mol. The van der Waals surface area contributed by atoms with Gasteiger partial charge in [0.1, 0.15) is 0 Å². The summed E-state index contributed by atoms with van der Waals surface area (Å²) in [6.07, 6.45) is 4.53. The van der Waals surface area contributed by atoms with Crippen molar-refractivity contribution in [2.75, 3.05) is 20.1 Å². The highest BCUT2D eigenvalue weighted by Gasteiger charge is 2.21. The van der Waals surface area contributed by atoms with Gasteiger partial charge in [-0.3, -0.25) is 4.40 Å². The number of hydrogen-bond donors (Lipinski definition) is 1. The maximum atomic E-state index is 4.32. The molecule has 5 nitrogen and oxygen atoms in total. The lowest BCUT2D eigenvalue weighted by Gasteiger charge is -2.32. The van der Waals surface area contributed by atoms with Gasteiger partial charge in [-0.1, -0.05) is 6.07 Å². The molecule has 1 aliphatic rings. The molecule has 1 N–H and O–H groups in total. The Labute approximate surface area is 113 Å². The lowest BCUT2D eigenvalue weighted by molar-refractivity contribution is 0.217. The van der Waals surface area contributed by atoms with Crippen LogP contribution in [-0.2, 0) is 0 Å². The summed E-state index contributed by atoms with van der Waals surface area (Å²) in [5.74, 6) is 0.990. The van der Waals surface area contributed by atoms with Crippen LogP contribution in [0.4, 0.5) is 0 Å². The van der Waals surface area contributed by atoms with Crippen molar-refractivity contribution in [2.24, 2.45) is 0 Å². The van der Waals surface area contributed by atoms with Crippen LogP contribution in [0.1, 0.15) is 31.6 Å². The predicted octanol–water partition coefficient (Wildman–Crippen LogP) is 1.47. The highest BCUT2D eigenvalue weighted by molar-refractivity contribution is 5.37. The van der Waals surface area contributed by atoms with Crippen molar-refractivity contribution >= 4 is 5.65 Å². The van der Waals surface area contributed by atoms with Crippen molar-refractivity contribution in [2.45, 2.75) is 31.8 Å². The molecule has 0 spiro atoms. The second kappa shape index (κ2) is 5.27. The van der Waals surface area contributed by atoms with Gasteiger partial charge in [-0.15, -0.1) is 10.2 Å². The van der Waals surface area contributed by atoms with Crippen LogP contribution in [-0.4, -0.2) is 45.7 Å². The Morgan fingerprint density at radius 3 is 3.11 bits per heavy atom. The van der Waals surface area contributed by atoms with Gasteiger partial charge in [0.25, 0.3) is 0 Å². The maximum Gasteiger partial charge on any atom is 0.160 e. The number of likely N-dealkylation sites (N-methyl/N-ethyl adjacent to an activating group) is 1. The Balaban J connectivity index is 1.74. The van der Waals surface area contributed by atoms with E-state index in [-0.39, 0.29) is 6.04 Å². The fraction of sp³-hybridized carbons (Fsp3) is 0.571. The Morgan fingerprint density at radius 2 is 2.26 bits per heavy atom. The lowest BCUT2D eigenvalue weighted by Crippen LogP contribution is -2.45. The molecule has 0 saturated carbocycles.